The Hall–Kier alpha value is -0.570. The number of amides is 1. The average molecular weight is 264 g/mol. The van der Waals surface area contributed by atoms with E-state index in [0.29, 0.717) is 17.9 Å². The first-order valence-corrected chi connectivity index (χ1v) is 8.26. The summed E-state index contributed by atoms with van der Waals surface area (Å²) in [5, 5.41) is 3.23. The molecule has 3 atom stereocenters. The molecule has 3 heteroatoms. The van der Waals surface area contributed by atoms with E-state index in [1.807, 2.05) is 7.05 Å². The van der Waals surface area contributed by atoms with Crippen molar-refractivity contribution in [3.8, 4) is 0 Å². The van der Waals surface area contributed by atoms with E-state index >= 15 is 0 Å². The van der Waals surface area contributed by atoms with Crippen molar-refractivity contribution < 1.29 is 4.79 Å². The van der Waals surface area contributed by atoms with Crippen molar-refractivity contribution in [2.75, 3.05) is 20.1 Å². The number of likely N-dealkylation sites (tertiary alicyclic amines) is 1. The number of likely N-dealkylation sites (N-methyl/N-ethyl adjacent to an activating group) is 1. The van der Waals surface area contributed by atoms with E-state index in [1.54, 1.807) is 0 Å². The second kappa shape index (κ2) is 5.82. The first-order chi connectivity index (χ1) is 9.31. The number of hydrogen-bond acceptors (Lipinski definition) is 2. The molecule has 3 rings (SSSR count). The number of carbonyl (C=O) groups is 1. The van der Waals surface area contributed by atoms with Crippen LogP contribution < -0.4 is 5.32 Å². The van der Waals surface area contributed by atoms with Gasteiger partial charge in [-0.2, -0.15) is 0 Å². The fraction of sp³-hybridized carbons (Fsp3) is 0.938. The third kappa shape index (κ3) is 2.81. The Bertz CT molecular complexity index is 325. The van der Waals surface area contributed by atoms with Gasteiger partial charge in [0.15, 0.2) is 0 Å². The molecule has 3 nitrogen and oxygen atoms in total. The summed E-state index contributed by atoms with van der Waals surface area (Å²) in [6.07, 6.45) is 10.5. The number of carbonyl (C=O) groups excluding carboxylic acids is 1. The van der Waals surface area contributed by atoms with Crippen LogP contribution in [0.2, 0.25) is 0 Å². The highest BCUT2D eigenvalue weighted by Crippen LogP contribution is 2.50. The van der Waals surface area contributed by atoms with Crippen LogP contribution in [0.4, 0.5) is 0 Å². The molecule has 0 aromatic heterocycles. The average Bonchev–Trinajstić information content (AvgIpc) is 3.12. The zero-order chi connectivity index (χ0) is 13.2. The van der Waals surface area contributed by atoms with E-state index in [2.05, 4.69) is 10.2 Å². The van der Waals surface area contributed by atoms with Crippen molar-refractivity contribution in [2.24, 2.45) is 17.8 Å². The normalized spacial score (nSPS) is 35.6. The number of nitrogens with zero attached hydrogens (tertiary/aromatic N) is 1. The van der Waals surface area contributed by atoms with E-state index in [9.17, 15) is 4.79 Å². The number of rotatable bonds is 4. The molecule has 1 aliphatic heterocycles. The first-order valence-electron chi connectivity index (χ1n) is 8.26. The molecule has 3 fully saturated rings. The fourth-order valence-electron chi connectivity index (χ4n) is 4.37. The molecular weight excluding hydrogens is 236 g/mol. The summed E-state index contributed by atoms with van der Waals surface area (Å²) in [6, 6.07) is 0.463. The summed E-state index contributed by atoms with van der Waals surface area (Å²) in [4.78, 5) is 14.8. The minimum Gasteiger partial charge on any atom is -0.338 e. The van der Waals surface area contributed by atoms with E-state index in [0.717, 1.165) is 24.9 Å². The largest absolute Gasteiger partial charge is 0.338 e. The Balaban J connectivity index is 1.54. The number of hydrogen-bond donors (Lipinski definition) is 1. The lowest BCUT2D eigenvalue weighted by Crippen LogP contribution is -2.42. The second-order valence-electron chi connectivity index (χ2n) is 6.79. The maximum absolute atomic E-state index is 12.6. The SMILES string of the molecule is CNC[C@@H]1CCCN1C(=O)[C@H]1C[C@H]1C1CCCCC1. The second-order valence-corrected chi connectivity index (χ2v) is 6.79. The Morgan fingerprint density at radius 2 is 1.95 bits per heavy atom. The fourth-order valence-corrected chi connectivity index (χ4v) is 4.37. The first kappa shape index (κ1) is 13.4. The molecule has 1 amide bonds. The van der Waals surface area contributed by atoms with Crippen LogP contribution in [0.1, 0.15) is 51.4 Å². The summed E-state index contributed by atoms with van der Waals surface area (Å²) in [7, 11) is 1.99. The van der Waals surface area contributed by atoms with Crippen LogP contribution in [-0.4, -0.2) is 37.0 Å². The smallest absolute Gasteiger partial charge is 0.226 e. The molecule has 1 N–H and O–H groups in total. The highest BCUT2D eigenvalue weighted by atomic mass is 16.2. The molecule has 0 bridgehead atoms. The van der Waals surface area contributed by atoms with Crippen molar-refractivity contribution in [1.29, 1.82) is 0 Å². The van der Waals surface area contributed by atoms with Gasteiger partial charge in [0.25, 0.3) is 0 Å². The molecule has 1 saturated heterocycles. The Morgan fingerprint density at radius 1 is 1.16 bits per heavy atom. The third-order valence-electron chi connectivity index (χ3n) is 5.51. The predicted octanol–water partition coefficient (Wildman–Crippen LogP) is 2.41. The Kier molecular flexibility index (Phi) is 4.11. The summed E-state index contributed by atoms with van der Waals surface area (Å²) in [6.45, 7) is 1.96. The van der Waals surface area contributed by atoms with Gasteiger partial charge in [0.2, 0.25) is 5.91 Å². The van der Waals surface area contributed by atoms with Crippen molar-refractivity contribution in [2.45, 2.75) is 57.4 Å². The van der Waals surface area contributed by atoms with Gasteiger partial charge in [0.1, 0.15) is 0 Å². The van der Waals surface area contributed by atoms with Crippen molar-refractivity contribution >= 4 is 5.91 Å². The van der Waals surface area contributed by atoms with Gasteiger partial charge >= 0.3 is 0 Å². The van der Waals surface area contributed by atoms with Gasteiger partial charge in [-0.3, -0.25) is 4.79 Å². The third-order valence-corrected chi connectivity index (χ3v) is 5.51. The molecule has 2 aliphatic carbocycles. The zero-order valence-corrected chi connectivity index (χ0v) is 12.2. The summed E-state index contributed by atoms with van der Waals surface area (Å²) in [5.41, 5.74) is 0. The predicted molar refractivity (Wildman–Crippen MR) is 76.8 cm³/mol. The molecule has 0 radical (unpaired) electrons. The molecule has 3 aliphatic rings. The number of nitrogens with one attached hydrogen (secondary N) is 1. The monoisotopic (exact) mass is 264 g/mol. The van der Waals surface area contributed by atoms with Crippen LogP contribution in [0.25, 0.3) is 0 Å². The molecular formula is C16H28N2O. The molecule has 0 unspecified atom stereocenters. The molecule has 1 heterocycles. The van der Waals surface area contributed by atoms with E-state index in [1.165, 1.54) is 51.4 Å². The van der Waals surface area contributed by atoms with Crippen molar-refractivity contribution in [1.82, 2.24) is 10.2 Å². The minimum atomic E-state index is 0.389. The van der Waals surface area contributed by atoms with Crippen LogP contribution in [0.3, 0.4) is 0 Å². The lowest BCUT2D eigenvalue weighted by Gasteiger charge is -2.26. The van der Waals surface area contributed by atoms with Gasteiger partial charge in [-0.25, -0.2) is 0 Å². The molecule has 108 valence electrons. The van der Waals surface area contributed by atoms with E-state index in [-0.39, 0.29) is 0 Å². The van der Waals surface area contributed by atoms with Crippen LogP contribution >= 0.6 is 0 Å². The van der Waals surface area contributed by atoms with Gasteiger partial charge in [-0.05, 0) is 38.1 Å². The maximum atomic E-state index is 12.6. The molecule has 0 aromatic rings. The van der Waals surface area contributed by atoms with Gasteiger partial charge in [-0.1, -0.05) is 32.1 Å². The van der Waals surface area contributed by atoms with Crippen LogP contribution in [-0.2, 0) is 4.79 Å². The van der Waals surface area contributed by atoms with E-state index in [4.69, 9.17) is 0 Å². The topological polar surface area (TPSA) is 32.3 Å². The lowest BCUT2D eigenvalue weighted by molar-refractivity contribution is -0.133. The molecule has 2 saturated carbocycles. The van der Waals surface area contributed by atoms with E-state index < -0.39 is 0 Å². The minimum absolute atomic E-state index is 0.389. The Labute approximate surface area is 117 Å². The lowest BCUT2D eigenvalue weighted by atomic mass is 9.85. The van der Waals surface area contributed by atoms with Crippen LogP contribution in [0.5, 0.6) is 0 Å². The summed E-state index contributed by atoms with van der Waals surface area (Å²) >= 11 is 0. The van der Waals surface area contributed by atoms with Crippen molar-refractivity contribution in [3.63, 3.8) is 0 Å². The highest BCUT2D eigenvalue weighted by molar-refractivity contribution is 5.82. The molecule has 0 aromatic carbocycles. The van der Waals surface area contributed by atoms with Crippen LogP contribution in [0, 0.1) is 17.8 Å². The summed E-state index contributed by atoms with van der Waals surface area (Å²) < 4.78 is 0. The maximum Gasteiger partial charge on any atom is 0.226 e. The molecule has 0 spiro atoms. The molecule has 19 heavy (non-hydrogen) atoms. The van der Waals surface area contributed by atoms with Gasteiger partial charge < -0.3 is 10.2 Å². The summed E-state index contributed by atoms with van der Waals surface area (Å²) in [5.74, 6) is 2.48. The quantitative estimate of drug-likeness (QED) is 0.845. The van der Waals surface area contributed by atoms with Gasteiger partial charge in [-0.15, -0.1) is 0 Å². The highest BCUT2D eigenvalue weighted by Gasteiger charge is 2.49. The van der Waals surface area contributed by atoms with Crippen LogP contribution in [0.15, 0.2) is 0 Å². The van der Waals surface area contributed by atoms with Crippen molar-refractivity contribution in [3.05, 3.63) is 0 Å². The van der Waals surface area contributed by atoms with Gasteiger partial charge in [0.05, 0.1) is 0 Å². The zero-order valence-electron chi connectivity index (χ0n) is 12.2. The van der Waals surface area contributed by atoms with Gasteiger partial charge in [0, 0.05) is 25.0 Å². The standard InChI is InChI=1S/C16H28N2O/c1-17-11-13-8-5-9-18(13)16(19)15-10-14(15)12-6-3-2-4-7-12/h12-15,17H,2-11H2,1H3/t13-,14-,15-/m0/s1. The Morgan fingerprint density at radius 3 is 2.68 bits per heavy atom.